The molecule has 40 heavy (non-hydrogen) atoms. The minimum atomic E-state index is -3.84. The van der Waals surface area contributed by atoms with Gasteiger partial charge in [-0.15, -0.1) is 0 Å². The first kappa shape index (κ1) is 31.9. The maximum Gasteiger partial charge on any atom is 0.244 e. The van der Waals surface area contributed by atoms with Gasteiger partial charge in [-0.3, -0.25) is 13.9 Å². The zero-order valence-corrected chi connectivity index (χ0v) is 26.2. The van der Waals surface area contributed by atoms with Gasteiger partial charge in [-0.1, -0.05) is 88.9 Å². The molecule has 0 saturated carbocycles. The molecule has 1 atom stereocenters. The molecule has 0 aliphatic heterocycles. The summed E-state index contributed by atoms with van der Waals surface area (Å²) in [6.45, 7) is 1.96. The average Bonchev–Trinajstić information content (AvgIpc) is 2.91. The number of sulfonamides is 1. The number of nitrogens with zero attached hydrogens (tertiary/aromatic N) is 2. The summed E-state index contributed by atoms with van der Waals surface area (Å²) in [6, 6.07) is 20.0. The number of carbonyl (C=O) groups is 2. The van der Waals surface area contributed by atoms with Gasteiger partial charge in [0.25, 0.3) is 0 Å². The SMILES string of the molecule is CCCCNC(=O)[C@@H](Cc1ccccc1)N(Cc1ccc(Cl)cc1Cl)C(=O)CN(c1ccc(Br)cc1)S(C)(=O)=O. The second kappa shape index (κ2) is 14.9. The minimum absolute atomic E-state index is 0.0223. The van der Waals surface area contributed by atoms with E-state index in [2.05, 4.69) is 21.2 Å². The number of rotatable bonds is 13. The summed E-state index contributed by atoms with van der Waals surface area (Å²) in [6.07, 6.45) is 2.95. The lowest BCUT2D eigenvalue weighted by Crippen LogP contribution is -2.53. The predicted octanol–water partition coefficient (Wildman–Crippen LogP) is 6.08. The molecular formula is C29H32BrCl2N3O4S. The van der Waals surface area contributed by atoms with Crippen LogP contribution in [0.2, 0.25) is 10.0 Å². The van der Waals surface area contributed by atoms with Crippen LogP contribution in [0.15, 0.2) is 77.3 Å². The summed E-state index contributed by atoms with van der Waals surface area (Å²) >= 11 is 15.9. The third-order valence-electron chi connectivity index (χ3n) is 6.25. The van der Waals surface area contributed by atoms with Gasteiger partial charge in [-0.25, -0.2) is 8.42 Å². The van der Waals surface area contributed by atoms with Gasteiger partial charge < -0.3 is 10.2 Å². The van der Waals surface area contributed by atoms with E-state index in [9.17, 15) is 18.0 Å². The molecule has 1 N–H and O–H groups in total. The van der Waals surface area contributed by atoms with Crippen molar-refractivity contribution in [2.75, 3.05) is 23.7 Å². The quantitative estimate of drug-likeness (QED) is 0.224. The number of hydrogen-bond donors (Lipinski definition) is 1. The van der Waals surface area contributed by atoms with E-state index in [1.165, 1.54) is 4.90 Å². The van der Waals surface area contributed by atoms with Gasteiger partial charge >= 0.3 is 0 Å². The van der Waals surface area contributed by atoms with E-state index in [1.54, 1.807) is 42.5 Å². The van der Waals surface area contributed by atoms with E-state index >= 15 is 0 Å². The topological polar surface area (TPSA) is 86.8 Å². The molecule has 0 heterocycles. The highest BCUT2D eigenvalue weighted by molar-refractivity contribution is 9.10. The Morgan fingerprint density at radius 2 is 1.68 bits per heavy atom. The summed E-state index contributed by atoms with van der Waals surface area (Å²) < 4.78 is 27.4. The summed E-state index contributed by atoms with van der Waals surface area (Å²) in [5, 5.41) is 3.72. The zero-order chi connectivity index (χ0) is 29.3. The molecule has 2 amide bonds. The van der Waals surface area contributed by atoms with Crippen molar-refractivity contribution in [3.05, 3.63) is 98.4 Å². The number of anilines is 1. The summed E-state index contributed by atoms with van der Waals surface area (Å²) in [4.78, 5) is 29.0. The van der Waals surface area contributed by atoms with Crippen molar-refractivity contribution in [3.8, 4) is 0 Å². The standard InChI is InChI=1S/C29H32BrCl2N3O4S/c1-3-4-16-33-29(37)27(17-21-8-6-5-7-9-21)34(19-22-10-13-24(31)18-26(22)32)28(36)20-35(40(2,38)39)25-14-11-23(30)12-15-25/h5-15,18,27H,3-4,16-17,19-20H2,1-2H3,(H,33,37)/t27-/m1/s1. The molecule has 0 bridgehead atoms. The fourth-order valence-electron chi connectivity index (χ4n) is 4.11. The highest BCUT2D eigenvalue weighted by atomic mass is 79.9. The van der Waals surface area contributed by atoms with E-state index in [-0.39, 0.29) is 18.9 Å². The van der Waals surface area contributed by atoms with Crippen molar-refractivity contribution in [1.29, 1.82) is 0 Å². The van der Waals surface area contributed by atoms with Gasteiger partial charge in [-0.2, -0.15) is 0 Å². The minimum Gasteiger partial charge on any atom is -0.354 e. The van der Waals surface area contributed by atoms with E-state index in [0.29, 0.717) is 27.8 Å². The molecule has 0 fully saturated rings. The van der Waals surface area contributed by atoms with Crippen molar-refractivity contribution < 1.29 is 18.0 Å². The van der Waals surface area contributed by atoms with Crippen LogP contribution in [0.5, 0.6) is 0 Å². The van der Waals surface area contributed by atoms with Crippen LogP contribution in [0.25, 0.3) is 0 Å². The second-order valence-electron chi connectivity index (χ2n) is 9.35. The van der Waals surface area contributed by atoms with Crippen molar-refractivity contribution in [2.45, 2.75) is 38.8 Å². The molecule has 0 radical (unpaired) electrons. The number of amides is 2. The first-order chi connectivity index (χ1) is 19.0. The monoisotopic (exact) mass is 667 g/mol. The van der Waals surface area contributed by atoms with Crippen LogP contribution in [0.3, 0.4) is 0 Å². The first-order valence-electron chi connectivity index (χ1n) is 12.8. The molecular weight excluding hydrogens is 637 g/mol. The van der Waals surface area contributed by atoms with Crippen LogP contribution in [-0.4, -0.2) is 50.5 Å². The molecule has 7 nitrogen and oxygen atoms in total. The molecule has 3 aromatic carbocycles. The largest absolute Gasteiger partial charge is 0.354 e. The molecule has 0 aliphatic carbocycles. The van der Waals surface area contributed by atoms with Crippen LogP contribution in [0.4, 0.5) is 5.69 Å². The van der Waals surface area contributed by atoms with Crippen LogP contribution in [0, 0.1) is 0 Å². The Labute approximate surface area is 254 Å². The van der Waals surface area contributed by atoms with Crippen molar-refractivity contribution in [2.24, 2.45) is 0 Å². The Balaban J connectivity index is 2.05. The molecule has 3 rings (SSSR count). The number of carbonyl (C=O) groups excluding carboxylic acids is 2. The lowest BCUT2D eigenvalue weighted by molar-refractivity contribution is -0.140. The van der Waals surface area contributed by atoms with Crippen LogP contribution in [-0.2, 0) is 32.6 Å². The number of nitrogens with one attached hydrogen (secondary N) is 1. The van der Waals surface area contributed by atoms with Crippen LogP contribution < -0.4 is 9.62 Å². The van der Waals surface area contributed by atoms with Gasteiger partial charge in [0.15, 0.2) is 0 Å². The number of unbranched alkanes of at least 4 members (excludes halogenated alkanes) is 1. The van der Waals surface area contributed by atoms with Crippen LogP contribution in [0.1, 0.15) is 30.9 Å². The van der Waals surface area contributed by atoms with Gasteiger partial charge in [0.1, 0.15) is 12.6 Å². The fraction of sp³-hybridized carbons (Fsp3) is 0.310. The number of hydrogen-bond acceptors (Lipinski definition) is 4. The van der Waals surface area contributed by atoms with Gasteiger partial charge in [0.2, 0.25) is 21.8 Å². The highest BCUT2D eigenvalue weighted by Gasteiger charge is 2.33. The number of benzene rings is 3. The van der Waals surface area contributed by atoms with E-state index in [1.807, 2.05) is 37.3 Å². The lowest BCUT2D eigenvalue weighted by Gasteiger charge is -2.33. The summed E-state index contributed by atoms with van der Waals surface area (Å²) in [5.74, 6) is -0.879. The maximum absolute atomic E-state index is 14.1. The molecule has 3 aromatic rings. The second-order valence-corrected chi connectivity index (χ2v) is 13.0. The normalized spacial score (nSPS) is 12.0. The lowest BCUT2D eigenvalue weighted by atomic mass is 10.0. The van der Waals surface area contributed by atoms with Crippen LogP contribution >= 0.6 is 39.1 Å². The molecule has 0 aromatic heterocycles. The van der Waals surface area contributed by atoms with E-state index < -0.39 is 28.5 Å². The molecule has 0 spiro atoms. The Bertz CT molecular complexity index is 1410. The molecule has 214 valence electrons. The van der Waals surface area contributed by atoms with Gasteiger partial charge in [0.05, 0.1) is 11.9 Å². The van der Waals surface area contributed by atoms with Crippen molar-refractivity contribution in [1.82, 2.24) is 10.2 Å². The maximum atomic E-state index is 14.1. The average molecular weight is 669 g/mol. The molecule has 0 aliphatic rings. The van der Waals surface area contributed by atoms with Crippen molar-refractivity contribution in [3.63, 3.8) is 0 Å². The molecule has 0 unspecified atom stereocenters. The first-order valence-corrected chi connectivity index (χ1v) is 16.2. The highest BCUT2D eigenvalue weighted by Crippen LogP contribution is 2.26. The Hall–Kier alpha value is -2.59. The van der Waals surface area contributed by atoms with E-state index in [0.717, 1.165) is 33.4 Å². The Morgan fingerprint density at radius 3 is 2.27 bits per heavy atom. The van der Waals surface area contributed by atoms with Crippen molar-refractivity contribution >= 4 is 66.7 Å². The summed E-state index contributed by atoms with van der Waals surface area (Å²) in [5.41, 5.74) is 1.76. The predicted molar refractivity (Wildman–Crippen MR) is 165 cm³/mol. The molecule has 11 heteroatoms. The van der Waals surface area contributed by atoms with Gasteiger partial charge in [-0.05, 0) is 53.9 Å². The molecule has 0 saturated heterocycles. The van der Waals surface area contributed by atoms with E-state index in [4.69, 9.17) is 23.2 Å². The smallest absolute Gasteiger partial charge is 0.244 e. The third kappa shape index (κ3) is 9.23. The fourth-order valence-corrected chi connectivity index (χ4v) is 5.70. The summed E-state index contributed by atoms with van der Waals surface area (Å²) in [7, 11) is -3.84. The number of halogens is 3. The Morgan fingerprint density at radius 1 is 1.00 bits per heavy atom. The zero-order valence-electron chi connectivity index (χ0n) is 22.3. The Kier molecular flexibility index (Phi) is 11.9. The van der Waals surface area contributed by atoms with Gasteiger partial charge in [0, 0.05) is 34.0 Å². The third-order valence-corrected chi connectivity index (χ3v) is 8.51.